The molecule has 0 saturated carbocycles. The standard InChI is InChI=1S/C25H25N3O7S/c1-15(29)26-17-9-11-18(12-10-17)36(31,32)28-21-13-33-24-22(14-34-23(21)24)35-25(30)27-20-8-4-6-16-5-2-3-7-19(16)20/h2-12,21-24,28H,13-14H2,1H3,(H,26,29)(H,27,30)/t21-,22+,23+,24+/m0/s1. The van der Waals surface area contributed by atoms with E-state index in [4.69, 9.17) is 14.2 Å². The molecule has 3 aromatic rings. The molecule has 10 nitrogen and oxygen atoms in total. The molecule has 2 aliphatic rings. The van der Waals surface area contributed by atoms with Crippen molar-refractivity contribution in [1.29, 1.82) is 0 Å². The quantitative estimate of drug-likeness (QED) is 0.464. The van der Waals surface area contributed by atoms with Crippen molar-refractivity contribution in [1.82, 2.24) is 4.72 Å². The van der Waals surface area contributed by atoms with Crippen LogP contribution < -0.4 is 15.4 Å². The van der Waals surface area contributed by atoms with Gasteiger partial charge in [0.25, 0.3) is 0 Å². The van der Waals surface area contributed by atoms with Crippen LogP contribution in [0.5, 0.6) is 0 Å². The summed E-state index contributed by atoms with van der Waals surface area (Å²) in [7, 11) is -3.87. The van der Waals surface area contributed by atoms with Gasteiger partial charge in [-0.15, -0.1) is 0 Å². The minimum absolute atomic E-state index is 0.0420. The highest BCUT2D eigenvalue weighted by Gasteiger charge is 2.50. The van der Waals surface area contributed by atoms with E-state index in [0.717, 1.165) is 10.8 Å². The van der Waals surface area contributed by atoms with Gasteiger partial charge in [0.2, 0.25) is 15.9 Å². The molecular formula is C25H25N3O7S. The van der Waals surface area contributed by atoms with Gasteiger partial charge in [0.15, 0.2) is 6.10 Å². The third-order valence-electron chi connectivity index (χ3n) is 6.08. The van der Waals surface area contributed by atoms with E-state index in [0.29, 0.717) is 11.4 Å². The topological polar surface area (TPSA) is 132 Å². The van der Waals surface area contributed by atoms with Crippen molar-refractivity contribution < 1.29 is 32.2 Å². The van der Waals surface area contributed by atoms with Crippen LogP contribution in [0.15, 0.2) is 71.6 Å². The van der Waals surface area contributed by atoms with E-state index in [2.05, 4.69) is 15.4 Å². The van der Waals surface area contributed by atoms with Gasteiger partial charge in [-0.05, 0) is 35.7 Å². The van der Waals surface area contributed by atoms with E-state index in [1.807, 2.05) is 36.4 Å². The lowest BCUT2D eigenvalue weighted by molar-refractivity contribution is -0.114. The Labute approximate surface area is 208 Å². The van der Waals surface area contributed by atoms with Gasteiger partial charge in [0, 0.05) is 18.0 Å². The number of hydrogen-bond donors (Lipinski definition) is 3. The monoisotopic (exact) mass is 511 g/mol. The highest BCUT2D eigenvalue weighted by atomic mass is 32.2. The molecule has 0 radical (unpaired) electrons. The van der Waals surface area contributed by atoms with Gasteiger partial charge < -0.3 is 19.5 Å². The molecule has 2 aliphatic heterocycles. The lowest BCUT2D eigenvalue weighted by Gasteiger charge is -2.18. The first kappa shape index (κ1) is 24.2. The third kappa shape index (κ3) is 5.05. The van der Waals surface area contributed by atoms with Crippen molar-refractivity contribution in [3.63, 3.8) is 0 Å². The number of ether oxygens (including phenoxy) is 3. The summed E-state index contributed by atoms with van der Waals surface area (Å²) in [5.74, 6) is -0.251. The lowest BCUT2D eigenvalue weighted by Crippen LogP contribution is -2.44. The van der Waals surface area contributed by atoms with E-state index in [1.165, 1.54) is 31.2 Å². The first-order chi connectivity index (χ1) is 17.3. The van der Waals surface area contributed by atoms with Gasteiger partial charge in [0.05, 0.1) is 29.8 Å². The van der Waals surface area contributed by atoms with E-state index in [1.54, 1.807) is 6.07 Å². The van der Waals surface area contributed by atoms with Crippen molar-refractivity contribution in [2.75, 3.05) is 23.8 Å². The zero-order valence-corrected chi connectivity index (χ0v) is 20.2. The van der Waals surface area contributed by atoms with Crippen molar-refractivity contribution in [2.24, 2.45) is 0 Å². The highest BCUT2D eigenvalue weighted by molar-refractivity contribution is 7.89. The molecule has 11 heteroatoms. The number of hydrogen-bond acceptors (Lipinski definition) is 7. The fraction of sp³-hybridized carbons (Fsp3) is 0.280. The molecule has 2 amide bonds. The van der Waals surface area contributed by atoms with Crippen LogP contribution in [0.3, 0.4) is 0 Å². The third-order valence-corrected chi connectivity index (χ3v) is 7.59. The van der Waals surface area contributed by atoms with Gasteiger partial charge in [-0.1, -0.05) is 36.4 Å². The highest BCUT2D eigenvalue weighted by Crippen LogP contribution is 2.31. The molecule has 0 unspecified atom stereocenters. The number of benzene rings is 3. The molecular weight excluding hydrogens is 486 g/mol. The second-order valence-corrected chi connectivity index (χ2v) is 10.3. The van der Waals surface area contributed by atoms with Gasteiger partial charge in [0.1, 0.15) is 12.2 Å². The van der Waals surface area contributed by atoms with Crippen LogP contribution in [-0.4, -0.2) is 58.0 Å². The van der Waals surface area contributed by atoms with E-state index in [9.17, 15) is 18.0 Å². The molecule has 3 aromatic carbocycles. The fourth-order valence-electron chi connectivity index (χ4n) is 4.47. The van der Waals surface area contributed by atoms with Crippen LogP contribution in [0, 0.1) is 0 Å². The SMILES string of the molecule is CC(=O)Nc1ccc(S(=O)(=O)N[C@H]2CO[C@H]3[C@@H]2OC[C@H]3OC(=O)Nc2cccc3ccccc23)cc1. The Morgan fingerprint density at radius 2 is 1.61 bits per heavy atom. The number of sulfonamides is 1. The van der Waals surface area contributed by atoms with Crippen molar-refractivity contribution >= 4 is 44.2 Å². The first-order valence-electron chi connectivity index (χ1n) is 11.4. The number of carbonyl (C=O) groups is 2. The van der Waals surface area contributed by atoms with Crippen LogP contribution in [-0.2, 0) is 29.0 Å². The zero-order valence-electron chi connectivity index (χ0n) is 19.3. The summed E-state index contributed by atoms with van der Waals surface area (Å²) in [6.07, 6.45) is -2.53. The van der Waals surface area contributed by atoms with Crippen LogP contribution >= 0.6 is 0 Å². The van der Waals surface area contributed by atoms with E-state index >= 15 is 0 Å². The largest absolute Gasteiger partial charge is 0.441 e. The minimum atomic E-state index is -3.87. The molecule has 188 valence electrons. The molecule has 0 spiro atoms. The maximum Gasteiger partial charge on any atom is 0.412 e. The van der Waals surface area contributed by atoms with Crippen LogP contribution in [0.4, 0.5) is 16.2 Å². The number of fused-ring (bicyclic) bond motifs is 2. The molecule has 0 aromatic heterocycles. The second kappa shape index (κ2) is 9.86. The molecule has 5 rings (SSSR count). The average Bonchev–Trinajstić information content (AvgIpc) is 3.42. The van der Waals surface area contributed by atoms with Crippen LogP contribution in [0.25, 0.3) is 10.8 Å². The molecule has 0 bridgehead atoms. The molecule has 2 saturated heterocycles. The minimum Gasteiger partial charge on any atom is -0.441 e. The average molecular weight is 512 g/mol. The van der Waals surface area contributed by atoms with Crippen molar-refractivity contribution in [2.45, 2.75) is 36.2 Å². The summed E-state index contributed by atoms with van der Waals surface area (Å²) in [6.45, 7) is 1.53. The Hall–Kier alpha value is -3.51. The summed E-state index contributed by atoms with van der Waals surface area (Å²) < 4.78 is 45.5. The first-order valence-corrected chi connectivity index (χ1v) is 12.9. The Balaban J connectivity index is 1.20. The van der Waals surface area contributed by atoms with Gasteiger partial charge >= 0.3 is 6.09 Å². The Kier molecular flexibility index (Phi) is 6.63. The smallest absolute Gasteiger partial charge is 0.412 e. The number of rotatable bonds is 6. The maximum atomic E-state index is 12.9. The summed E-state index contributed by atoms with van der Waals surface area (Å²) in [6, 6.07) is 18.4. The van der Waals surface area contributed by atoms with Crippen molar-refractivity contribution in [3.05, 3.63) is 66.7 Å². The predicted molar refractivity (Wildman–Crippen MR) is 132 cm³/mol. The number of anilines is 2. The number of carbonyl (C=O) groups excluding carboxylic acids is 2. The number of nitrogens with one attached hydrogen (secondary N) is 3. The molecule has 2 heterocycles. The van der Waals surface area contributed by atoms with E-state index in [-0.39, 0.29) is 24.0 Å². The second-order valence-electron chi connectivity index (χ2n) is 8.62. The maximum absolute atomic E-state index is 12.9. The Morgan fingerprint density at radius 1 is 0.889 bits per heavy atom. The fourth-order valence-corrected chi connectivity index (χ4v) is 5.70. The normalized spacial score (nSPS) is 23.2. The van der Waals surface area contributed by atoms with Crippen molar-refractivity contribution in [3.8, 4) is 0 Å². The Bertz CT molecular complexity index is 1390. The van der Waals surface area contributed by atoms with Crippen LogP contribution in [0.1, 0.15) is 6.92 Å². The van der Waals surface area contributed by atoms with E-state index < -0.39 is 40.5 Å². The summed E-state index contributed by atoms with van der Waals surface area (Å²) >= 11 is 0. The van der Waals surface area contributed by atoms with Gasteiger partial charge in [-0.2, -0.15) is 0 Å². The lowest BCUT2D eigenvalue weighted by atomic mass is 10.1. The molecule has 0 aliphatic carbocycles. The Morgan fingerprint density at radius 3 is 2.39 bits per heavy atom. The summed E-state index contributed by atoms with van der Waals surface area (Å²) in [5.41, 5.74) is 1.11. The van der Waals surface area contributed by atoms with Gasteiger partial charge in [-0.3, -0.25) is 10.1 Å². The zero-order chi connectivity index (χ0) is 25.3. The summed E-state index contributed by atoms with van der Waals surface area (Å²) in [5, 5.41) is 7.23. The molecule has 36 heavy (non-hydrogen) atoms. The van der Waals surface area contributed by atoms with Gasteiger partial charge in [-0.25, -0.2) is 17.9 Å². The summed E-state index contributed by atoms with van der Waals surface area (Å²) in [4.78, 5) is 23.8. The van der Waals surface area contributed by atoms with Crippen LogP contribution in [0.2, 0.25) is 0 Å². The number of amides is 2. The molecule has 4 atom stereocenters. The predicted octanol–water partition coefficient (Wildman–Crippen LogP) is 2.86. The molecule has 3 N–H and O–H groups in total. The molecule has 2 fully saturated rings.